The average molecular weight is 472 g/mol. The highest BCUT2D eigenvalue weighted by Crippen LogP contribution is 2.25. The van der Waals surface area contributed by atoms with Crippen LogP contribution in [0.25, 0.3) is 17.0 Å². The first-order valence-electron chi connectivity index (χ1n) is 10.8. The van der Waals surface area contributed by atoms with Gasteiger partial charge in [0.2, 0.25) is 5.82 Å². The molecule has 3 heterocycles. The van der Waals surface area contributed by atoms with Crippen LogP contribution in [0.5, 0.6) is 0 Å². The lowest BCUT2D eigenvalue weighted by Crippen LogP contribution is -2.27. The number of halogens is 1. The van der Waals surface area contributed by atoms with Crippen molar-refractivity contribution in [2.75, 3.05) is 7.05 Å². The second-order valence-electron chi connectivity index (χ2n) is 8.05. The molecule has 5 aromatic rings. The zero-order valence-electron chi connectivity index (χ0n) is 18.8. The minimum atomic E-state index is -0.289. The van der Waals surface area contributed by atoms with Crippen molar-refractivity contribution in [2.24, 2.45) is 0 Å². The van der Waals surface area contributed by atoms with Crippen molar-refractivity contribution in [3.05, 3.63) is 101 Å². The normalized spacial score (nSPS) is 11.1. The lowest BCUT2D eigenvalue weighted by Gasteiger charge is -2.15. The first kappa shape index (κ1) is 21.8. The number of carbonyl (C=O) groups excluding carboxylic acids is 1. The molecule has 34 heavy (non-hydrogen) atoms. The van der Waals surface area contributed by atoms with Crippen LogP contribution in [0.4, 0.5) is 0 Å². The van der Waals surface area contributed by atoms with E-state index in [0.29, 0.717) is 23.9 Å². The molecular weight excluding hydrogens is 450 g/mol. The number of aromatic nitrogens is 6. The summed E-state index contributed by atoms with van der Waals surface area (Å²) in [5.41, 5.74) is 4.52. The van der Waals surface area contributed by atoms with Gasteiger partial charge in [0.15, 0.2) is 0 Å². The van der Waals surface area contributed by atoms with E-state index in [-0.39, 0.29) is 11.7 Å². The molecule has 0 aliphatic carbocycles. The summed E-state index contributed by atoms with van der Waals surface area (Å²) in [6.07, 6.45) is 3.61. The Hall–Kier alpha value is -4.04. The first-order chi connectivity index (χ1) is 16.5. The minimum absolute atomic E-state index is 0.106. The minimum Gasteiger partial charge on any atom is -0.334 e. The molecule has 0 radical (unpaired) electrons. The molecule has 0 unspecified atom stereocenters. The first-order valence-corrected chi connectivity index (χ1v) is 11.2. The van der Waals surface area contributed by atoms with Gasteiger partial charge in [-0.2, -0.15) is 10.1 Å². The molecule has 0 aliphatic heterocycles. The summed E-state index contributed by atoms with van der Waals surface area (Å²) in [7, 11) is 1.73. The zero-order chi connectivity index (χ0) is 23.7. The fraction of sp³-hybridized carbons (Fsp3) is 0.160. The van der Waals surface area contributed by atoms with Gasteiger partial charge in [-0.3, -0.25) is 9.48 Å². The Morgan fingerprint density at radius 2 is 1.76 bits per heavy atom. The van der Waals surface area contributed by atoms with E-state index >= 15 is 0 Å². The smallest absolute Gasteiger partial charge is 0.293 e. The summed E-state index contributed by atoms with van der Waals surface area (Å²) < 4.78 is 3.42. The van der Waals surface area contributed by atoms with Crippen LogP contribution in [0.2, 0.25) is 5.02 Å². The number of fused-ring (bicyclic) bond motifs is 1. The van der Waals surface area contributed by atoms with Crippen LogP contribution >= 0.6 is 11.6 Å². The van der Waals surface area contributed by atoms with Crippen molar-refractivity contribution in [3.8, 4) is 11.3 Å². The Balaban J connectivity index is 1.45. The van der Waals surface area contributed by atoms with Gasteiger partial charge >= 0.3 is 0 Å². The second-order valence-corrected chi connectivity index (χ2v) is 8.46. The molecule has 3 aromatic heterocycles. The third-order valence-electron chi connectivity index (χ3n) is 5.55. The summed E-state index contributed by atoms with van der Waals surface area (Å²) in [5, 5.41) is 9.86. The van der Waals surface area contributed by atoms with Crippen molar-refractivity contribution in [1.82, 2.24) is 34.3 Å². The van der Waals surface area contributed by atoms with Gasteiger partial charge in [-0.15, -0.1) is 5.10 Å². The molecule has 170 valence electrons. The van der Waals surface area contributed by atoms with Crippen molar-refractivity contribution >= 4 is 23.3 Å². The molecule has 0 fully saturated rings. The highest BCUT2D eigenvalue weighted by Gasteiger charge is 2.21. The Labute approximate surface area is 201 Å². The Morgan fingerprint density at radius 1 is 1.00 bits per heavy atom. The molecule has 0 aliphatic rings. The summed E-state index contributed by atoms with van der Waals surface area (Å²) in [6, 6.07) is 19.4. The molecule has 0 saturated carbocycles. The molecular formula is C25H22ClN7O. The average Bonchev–Trinajstić information content (AvgIpc) is 3.46. The van der Waals surface area contributed by atoms with E-state index in [1.165, 1.54) is 0 Å². The van der Waals surface area contributed by atoms with Gasteiger partial charge in [0, 0.05) is 47.8 Å². The predicted molar refractivity (Wildman–Crippen MR) is 130 cm³/mol. The van der Waals surface area contributed by atoms with E-state index in [4.69, 9.17) is 16.7 Å². The predicted octanol–water partition coefficient (Wildman–Crippen LogP) is 4.27. The number of carbonyl (C=O) groups is 1. The maximum atomic E-state index is 13.1. The van der Waals surface area contributed by atoms with Crippen molar-refractivity contribution in [3.63, 3.8) is 0 Å². The van der Waals surface area contributed by atoms with Crippen molar-refractivity contribution in [1.29, 1.82) is 0 Å². The topological polar surface area (TPSA) is 81.2 Å². The maximum absolute atomic E-state index is 13.1. The van der Waals surface area contributed by atoms with Crippen molar-refractivity contribution in [2.45, 2.75) is 20.0 Å². The van der Waals surface area contributed by atoms with Gasteiger partial charge in [-0.05, 0) is 24.6 Å². The number of hydrogen-bond acceptors (Lipinski definition) is 5. The standard InChI is InChI=1S/C25H22ClN7O/c1-17-12-13-27-25-28-23(30-33(17)25)24(34)31(2)14-20-16-32(15-19-10-6-7-11-21(19)26)29-22(20)18-8-4-3-5-9-18/h3-13,16H,14-15H2,1-2H3. The molecule has 8 nitrogen and oxygen atoms in total. The van der Waals surface area contributed by atoms with Gasteiger partial charge in [0.1, 0.15) is 0 Å². The highest BCUT2D eigenvalue weighted by molar-refractivity contribution is 6.31. The third-order valence-corrected chi connectivity index (χ3v) is 5.92. The number of rotatable bonds is 6. The van der Waals surface area contributed by atoms with Crippen molar-refractivity contribution < 1.29 is 4.79 Å². The summed E-state index contributed by atoms with van der Waals surface area (Å²) in [4.78, 5) is 23.2. The van der Waals surface area contributed by atoms with Crippen LogP contribution in [0, 0.1) is 6.92 Å². The Bertz CT molecular complexity index is 1480. The van der Waals surface area contributed by atoms with Gasteiger partial charge < -0.3 is 4.90 Å². The number of aryl methyl sites for hydroxylation is 1. The van der Waals surface area contributed by atoms with Gasteiger partial charge in [0.05, 0.1) is 12.2 Å². The van der Waals surface area contributed by atoms with E-state index in [1.807, 2.05) is 78.5 Å². The lowest BCUT2D eigenvalue weighted by molar-refractivity contribution is 0.0773. The zero-order valence-corrected chi connectivity index (χ0v) is 19.5. The molecule has 1 amide bonds. The van der Waals surface area contributed by atoms with Gasteiger partial charge in [0.25, 0.3) is 11.7 Å². The molecule has 0 atom stereocenters. The summed E-state index contributed by atoms with van der Waals surface area (Å²) in [5.74, 6) is 0.214. The SMILES string of the molecule is Cc1ccnc2nc(C(=O)N(C)Cc3cn(Cc4ccccc4Cl)nc3-c3ccccc3)nn12. The van der Waals surface area contributed by atoms with Crippen LogP contribution in [0.1, 0.15) is 27.4 Å². The van der Waals surface area contributed by atoms with Gasteiger partial charge in [-0.25, -0.2) is 9.50 Å². The molecule has 9 heteroatoms. The van der Waals surface area contributed by atoms with E-state index in [9.17, 15) is 4.79 Å². The van der Waals surface area contributed by atoms with Crippen LogP contribution in [0.3, 0.4) is 0 Å². The second kappa shape index (κ2) is 9.07. The number of hydrogen-bond donors (Lipinski definition) is 0. The van der Waals surface area contributed by atoms with E-state index in [2.05, 4.69) is 15.1 Å². The number of amides is 1. The molecule has 0 N–H and O–H groups in total. The number of nitrogens with zero attached hydrogens (tertiary/aromatic N) is 7. The molecule has 0 bridgehead atoms. The summed E-state index contributed by atoms with van der Waals surface area (Å²) in [6.45, 7) is 2.75. The summed E-state index contributed by atoms with van der Waals surface area (Å²) >= 11 is 6.36. The lowest BCUT2D eigenvalue weighted by atomic mass is 10.1. The molecule has 2 aromatic carbocycles. The molecule has 5 rings (SSSR count). The Morgan fingerprint density at radius 3 is 2.53 bits per heavy atom. The van der Waals surface area contributed by atoms with Crippen LogP contribution < -0.4 is 0 Å². The van der Waals surface area contributed by atoms with Crippen LogP contribution in [-0.2, 0) is 13.1 Å². The highest BCUT2D eigenvalue weighted by atomic mass is 35.5. The fourth-order valence-electron chi connectivity index (χ4n) is 3.79. The molecule has 0 spiro atoms. The van der Waals surface area contributed by atoms with E-state index < -0.39 is 0 Å². The van der Waals surface area contributed by atoms with Crippen LogP contribution in [0.15, 0.2) is 73.1 Å². The molecule has 0 saturated heterocycles. The van der Waals surface area contributed by atoms with Crippen LogP contribution in [-0.4, -0.2) is 47.2 Å². The largest absolute Gasteiger partial charge is 0.334 e. The van der Waals surface area contributed by atoms with E-state index in [1.54, 1.807) is 22.7 Å². The number of benzene rings is 2. The maximum Gasteiger partial charge on any atom is 0.293 e. The quantitative estimate of drug-likeness (QED) is 0.369. The Kier molecular flexibility index (Phi) is 5.81. The van der Waals surface area contributed by atoms with E-state index in [0.717, 1.165) is 28.1 Å². The third kappa shape index (κ3) is 4.27. The monoisotopic (exact) mass is 471 g/mol. The fourth-order valence-corrected chi connectivity index (χ4v) is 3.99. The van der Waals surface area contributed by atoms with Gasteiger partial charge in [-0.1, -0.05) is 60.1 Å².